The van der Waals surface area contributed by atoms with Crippen molar-refractivity contribution in [2.45, 2.75) is 39.2 Å². The number of hydrogen-bond acceptors (Lipinski definition) is 4. The van der Waals surface area contributed by atoms with E-state index in [1.54, 1.807) is 13.8 Å². The van der Waals surface area contributed by atoms with Gasteiger partial charge in [-0.1, -0.05) is 0 Å². The molecule has 1 fully saturated rings. The van der Waals surface area contributed by atoms with Gasteiger partial charge in [0.2, 0.25) is 5.91 Å². The molecule has 2 rings (SSSR count). The molecule has 0 atom stereocenters. The number of piperidine rings is 1. The van der Waals surface area contributed by atoms with Crippen molar-refractivity contribution in [1.82, 2.24) is 10.2 Å². The minimum atomic E-state index is -0.895. The van der Waals surface area contributed by atoms with Crippen LogP contribution >= 0.6 is 0 Å². The quantitative estimate of drug-likeness (QED) is 0.766. The van der Waals surface area contributed by atoms with Crippen molar-refractivity contribution in [2.24, 2.45) is 5.92 Å². The van der Waals surface area contributed by atoms with Gasteiger partial charge in [-0.2, -0.15) is 0 Å². The number of likely N-dealkylation sites (tertiary alicyclic amines) is 1. The molecule has 0 aromatic heterocycles. The Morgan fingerprint density at radius 2 is 1.89 bits per heavy atom. The third-order valence-corrected chi connectivity index (χ3v) is 4.31. The maximum atomic E-state index is 13.8. The van der Waals surface area contributed by atoms with E-state index in [-0.39, 0.29) is 42.4 Å². The van der Waals surface area contributed by atoms with Gasteiger partial charge in [-0.05, 0) is 38.8 Å². The Labute approximate surface area is 156 Å². The van der Waals surface area contributed by atoms with Crippen LogP contribution in [0.2, 0.25) is 0 Å². The predicted octanol–water partition coefficient (Wildman–Crippen LogP) is 2.27. The summed E-state index contributed by atoms with van der Waals surface area (Å²) in [5.74, 6) is -2.96. The summed E-state index contributed by atoms with van der Waals surface area (Å²) in [6.07, 6.45) is 0.791. The van der Waals surface area contributed by atoms with Gasteiger partial charge in [-0.25, -0.2) is 8.78 Å². The molecular formula is C19H24F2N2O4. The highest BCUT2D eigenvalue weighted by molar-refractivity contribution is 5.94. The molecule has 8 heteroatoms. The Morgan fingerprint density at radius 1 is 1.22 bits per heavy atom. The van der Waals surface area contributed by atoms with Crippen LogP contribution in [0.5, 0.6) is 0 Å². The minimum Gasteiger partial charge on any atom is -0.463 e. The van der Waals surface area contributed by atoms with Crippen molar-refractivity contribution in [1.29, 1.82) is 0 Å². The standard InChI is InChI=1S/C19H24F2N2O4/c1-12(2)27-17(24)5-8-22-18(25)13-6-9-23(10-7-13)19(26)15-4-3-14(20)11-16(15)21/h3-4,11-13H,5-10H2,1-2H3,(H,22,25). The highest BCUT2D eigenvalue weighted by Crippen LogP contribution is 2.20. The van der Waals surface area contributed by atoms with Crippen molar-refractivity contribution in [3.8, 4) is 0 Å². The van der Waals surface area contributed by atoms with Crippen LogP contribution in [0, 0.1) is 17.6 Å². The highest BCUT2D eigenvalue weighted by atomic mass is 19.1. The molecule has 1 aliphatic heterocycles. The summed E-state index contributed by atoms with van der Waals surface area (Å²) in [5, 5.41) is 2.70. The van der Waals surface area contributed by atoms with Crippen molar-refractivity contribution < 1.29 is 27.9 Å². The molecule has 2 amide bonds. The van der Waals surface area contributed by atoms with Gasteiger partial charge in [0.05, 0.1) is 18.1 Å². The van der Waals surface area contributed by atoms with Crippen LogP contribution in [0.25, 0.3) is 0 Å². The molecule has 0 spiro atoms. The highest BCUT2D eigenvalue weighted by Gasteiger charge is 2.28. The molecule has 1 saturated heterocycles. The molecule has 0 saturated carbocycles. The SMILES string of the molecule is CC(C)OC(=O)CCNC(=O)C1CCN(C(=O)c2ccc(F)cc2F)CC1. The van der Waals surface area contributed by atoms with E-state index in [0.717, 1.165) is 12.1 Å². The van der Waals surface area contributed by atoms with Gasteiger partial charge >= 0.3 is 5.97 Å². The summed E-state index contributed by atoms with van der Waals surface area (Å²) >= 11 is 0. The first-order chi connectivity index (χ1) is 12.8. The molecule has 0 aliphatic carbocycles. The maximum absolute atomic E-state index is 13.8. The van der Waals surface area contributed by atoms with E-state index < -0.39 is 17.5 Å². The van der Waals surface area contributed by atoms with Gasteiger partial charge in [0.25, 0.3) is 5.91 Å². The molecule has 1 aromatic carbocycles. The molecule has 0 radical (unpaired) electrons. The summed E-state index contributed by atoms with van der Waals surface area (Å²) in [7, 11) is 0. The number of ether oxygens (including phenoxy) is 1. The largest absolute Gasteiger partial charge is 0.463 e. The Hall–Kier alpha value is -2.51. The lowest BCUT2D eigenvalue weighted by molar-refractivity contribution is -0.147. The average molecular weight is 382 g/mol. The smallest absolute Gasteiger partial charge is 0.307 e. The minimum absolute atomic E-state index is 0.102. The Balaban J connectivity index is 1.78. The fourth-order valence-corrected chi connectivity index (χ4v) is 2.93. The molecule has 1 heterocycles. The summed E-state index contributed by atoms with van der Waals surface area (Å²) in [4.78, 5) is 37.4. The molecular weight excluding hydrogens is 358 g/mol. The molecule has 0 unspecified atom stereocenters. The van der Waals surface area contributed by atoms with Gasteiger partial charge in [-0.3, -0.25) is 14.4 Å². The maximum Gasteiger partial charge on any atom is 0.307 e. The average Bonchev–Trinajstić information content (AvgIpc) is 2.60. The van der Waals surface area contributed by atoms with Crippen LogP contribution in [0.3, 0.4) is 0 Å². The topological polar surface area (TPSA) is 75.7 Å². The number of amides is 2. The fraction of sp³-hybridized carbons (Fsp3) is 0.526. The van der Waals surface area contributed by atoms with Gasteiger partial charge < -0.3 is 15.0 Å². The zero-order chi connectivity index (χ0) is 20.0. The number of nitrogens with one attached hydrogen (secondary N) is 1. The van der Waals surface area contributed by atoms with Crippen molar-refractivity contribution >= 4 is 17.8 Å². The van der Waals surface area contributed by atoms with Crippen LogP contribution in [-0.2, 0) is 14.3 Å². The lowest BCUT2D eigenvalue weighted by Crippen LogP contribution is -2.43. The molecule has 1 N–H and O–H groups in total. The van der Waals surface area contributed by atoms with Gasteiger partial charge in [0, 0.05) is 31.6 Å². The van der Waals surface area contributed by atoms with Gasteiger partial charge in [0.1, 0.15) is 11.6 Å². The third-order valence-electron chi connectivity index (χ3n) is 4.31. The number of nitrogens with zero attached hydrogens (tertiary/aromatic N) is 1. The Bertz CT molecular complexity index is 701. The monoisotopic (exact) mass is 382 g/mol. The fourth-order valence-electron chi connectivity index (χ4n) is 2.93. The summed E-state index contributed by atoms with van der Waals surface area (Å²) < 4.78 is 31.7. The zero-order valence-corrected chi connectivity index (χ0v) is 15.5. The Kier molecular flexibility index (Phi) is 7.27. The number of rotatable bonds is 6. The number of hydrogen-bond donors (Lipinski definition) is 1. The molecule has 27 heavy (non-hydrogen) atoms. The van der Waals surface area contributed by atoms with Crippen LogP contribution in [0.1, 0.15) is 43.5 Å². The van der Waals surface area contributed by atoms with Crippen LogP contribution in [-0.4, -0.2) is 48.4 Å². The second kappa shape index (κ2) is 9.43. The molecule has 1 aliphatic rings. The summed E-state index contributed by atoms with van der Waals surface area (Å²) in [6, 6.07) is 2.85. The number of benzene rings is 1. The molecule has 0 bridgehead atoms. The molecule has 148 valence electrons. The van der Waals surface area contributed by atoms with E-state index >= 15 is 0 Å². The van der Waals surface area contributed by atoms with Crippen molar-refractivity contribution in [2.75, 3.05) is 19.6 Å². The van der Waals surface area contributed by atoms with E-state index in [1.807, 2.05) is 0 Å². The summed E-state index contributed by atoms with van der Waals surface area (Å²) in [5.41, 5.74) is -0.178. The number of halogens is 2. The predicted molar refractivity (Wildman–Crippen MR) is 93.8 cm³/mol. The van der Waals surface area contributed by atoms with Crippen molar-refractivity contribution in [3.05, 3.63) is 35.4 Å². The van der Waals surface area contributed by atoms with E-state index in [0.29, 0.717) is 32.0 Å². The van der Waals surface area contributed by atoms with E-state index in [9.17, 15) is 23.2 Å². The lowest BCUT2D eigenvalue weighted by atomic mass is 9.95. The third kappa shape index (κ3) is 6.01. The first-order valence-corrected chi connectivity index (χ1v) is 8.99. The second-order valence-electron chi connectivity index (χ2n) is 6.77. The second-order valence-corrected chi connectivity index (χ2v) is 6.77. The van der Waals surface area contributed by atoms with Gasteiger partial charge in [0.15, 0.2) is 0 Å². The molecule has 1 aromatic rings. The van der Waals surface area contributed by atoms with Crippen LogP contribution in [0.15, 0.2) is 18.2 Å². The van der Waals surface area contributed by atoms with E-state index in [2.05, 4.69) is 5.32 Å². The first-order valence-electron chi connectivity index (χ1n) is 8.99. The van der Waals surface area contributed by atoms with E-state index in [1.165, 1.54) is 4.90 Å². The number of carbonyl (C=O) groups excluding carboxylic acids is 3. The summed E-state index contributed by atoms with van der Waals surface area (Å²) in [6.45, 7) is 4.32. The number of esters is 1. The van der Waals surface area contributed by atoms with Crippen molar-refractivity contribution in [3.63, 3.8) is 0 Å². The first kappa shape index (κ1) is 20.8. The van der Waals surface area contributed by atoms with E-state index in [4.69, 9.17) is 4.74 Å². The zero-order valence-electron chi connectivity index (χ0n) is 15.5. The Morgan fingerprint density at radius 3 is 2.48 bits per heavy atom. The van der Waals surface area contributed by atoms with Crippen LogP contribution < -0.4 is 5.32 Å². The number of carbonyl (C=O) groups is 3. The van der Waals surface area contributed by atoms with Gasteiger partial charge in [-0.15, -0.1) is 0 Å². The van der Waals surface area contributed by atoms with Crippen LogP contribution in [0.4, 0.5) is 8.78 Å². The lowest BCUT2D eigenvalue weighted by Gasteiger charge is -2.31. The normalized spacial score (nSPS) is 14.9. The molecule has 6 nitrogen and oxygen atoms in total.